The molecule has 1 aliphatic heterocycles. The van der Waals surface area contributed by atoms with Crippen molar-refractivity contribution in [2.75, 3.05) is 33.8 Å². The smallest absolute Gasteiger partial charge is 0.120 e. The molecule has 4 heteroatoms. The summed E-state index contributed by atoms with van der Waals surface area (Å²) < 4.78 is 5.20. The molecule has 106 valence electrons. The van der Waals surface area contributed by atoms with Crippen molar-refractivity contribution >= 4 is 0 Å². The summed E-state index contributed by atoms with van der Waals surface area (Å²) in [6.07, 6.45) is 2.49. The van der Waals surface area contributed by atoms with Crippen LogP contribution in [0.5, 0.6) is 11.5 Å². The standard InChI is InChI=1S/C15H24N2O2/c1-17(10-12-5-7-16-8-6-12)11-13-9-14(19-2)3-4-15(13)18/h3-4,9,12,16,18H,5-8,10-11H2,1-2H3. The van der Waals surface area contributed by atoms with Gasteiger partial charge in [0.05, 0.1) is 7.11 Å². The van der Waals surface area contributed by atoms with Gasteiger partial charge in [-0.25, -0.2) is 0 Å². The lowest BCUT2D eigenvalue weighted by Gasteiger charge is -2.27. The first kappa shape index (κ1) is 14.2. The molecular weight excluding hydrogens is 240 g/mol. The first-order chi connectivity index (χ1) is 9.19. The maximum atomic E-state index is 9.89. The van der Waals surface area contributed by atoms with Crippen molar-refractivity contribution in [1.82, 2.24) is 10.2 Å². The van der Waals surface area contributed by atoms with Crippen molar-refractivity contribution in [3.63, 3.8) is 0 Å². The van der Waals surface area contributed by atoms with Crippen LogP contribution < -0.4 is 10.1 Å². The molecule has 4 nitrogen and oxygen atoms in total. The summed E-state index contributed by atoms with van der Waals surface area (Å²) in [5.74, 6) is 1.90. The Balaban J connectivity index is 1.92. The summed E-state index contributed by atoms with van der Waals surface area (Å²) in [4.78, 5) is 2.28. The van der Waals surface area contributed by atoms with Crippen LogP contribution in [0.1, 0.15) is 18.4 Å². The zero-order chi connectivity index (χ0) is 13.7. The van der Waals surface area contributed by atoms with E-state index in [1.54, 1.807) is 19.2 Å². The number of phenolic OH excluding ortho intramolecular Hbond substituents is 1. The van der Waals surface area contributed by atoms with E-state index < -0.39 is 0 Å². The van der Waals surface area contributed by atoms with Gasteiger partial charge in [0.15, 0.2) is 0 Å². The van der Waals surface area contributed by atoms with Crippen LogP contribution in [-0.2, 0) is 6.54 Å². The highest BCUT2D eigenvalue weighted by atomic mass is 16.5. The SMILES string of the molecule is COc1ccc(O)c(CN(C)CC2CCNCC2)c1. The summed E-state index contributed by atoms with van der Waals surface area (Å²) in [5.41, 5.74) is 0.927. The van der Waals surface area contributed by atoms with Crippen LogP contribution in [0.15, 0.2) is 18.2 Å². The van der Waals surface area contributed by atoms with Crippen LogP contribution in [0.3, 0.4) is 0 Å². The summed E-state index contributed by atoms with van der Waals surface area (Å²) >= 11 is 0. The van der Waals surface area contributed by atoms with E-state index in [9.17, 15) is 5.11 Å². The molecule has 1 heterocycles. The first-order valence-corrected chi connectivity index (χ1v) is 6.94. The normalized spacial score (nSPS) is 16.8. The molecule has 0 atom stereocenters. The van der Waals surface area contributed by atoms with Crippen molar-refractivity contribution in [2.24, 2.45) is 5.92 Å². The van der Waals surface area contributed by atoms with Gasteiger partial charge >= 0.3 is 0 Å². The van der Waals surface area contributed by atoms with Gasteiger partial charge in [0.25, 0.3) is 0 Å². The van der Waals surface area contributed by atoms with E-state index in [0.717, 1.165) is 43.4 Å². The minimum atomic E-state index is 0.345. The topological polar surface area (TPSA) is 44.7 Å². The Bertz CT molecular complexity index is 403. The van der Waals surface area contributed by atoms with Gasteiger partial charge in [0, 0.05) is 18.7 Å². The van der Waals surface area contributed by atoms with Crippen LogP contribution in [0.2, 0.25) is 0 Å². The van der Waals surface area contributed by atoms with Crippen LogP contribution in [0, 0.1) is 5.92 Å². The van der Waals surface area contributed by atoms with Crippen LogP contribution in [-0.4, -0.2) is 43.8 Å². The molecule has 0 aromatic heterocycles. The number of piperidine rings is 1. The molecular formula is C15H24N2O2. The molecule has 0 saturated carbocycles. The average molecular weight is 264 g/mol. The number of ether oxygens (including phenoxy) is 1. The third-order valence-corrected chi connectivity index (χ3v) is 3.76. The third kappa shape index (κ3) is 4.11. The fourth-order valence-corrected chi connectivity index (χ4v) is 2.68. The molecule has 2 N–H and O–H groups in total. The van der Waals surface area contributed by atoms with Gasteiger partial charge in [-0.1, -0.05) is 0 Å². The number of rotatable bonds is 5. The van der Waals surface area contributed by atoms with Crippen molar-refractivity contribution in [2.45, 2.75) is 19.4 Å². The lowest BCUT2D eigenvalue weighted by atomic mass is 9.97. The number of hydrogen-bond acceptors (Lipinski definition) is 4. The van der Waals surface area contributed by atoms with Crippen molar-refractivity contribution in [1.29, 1.82) is 0 Å². The Morgan fingerprint density at radius 3 is 2.79 bits per heavy atom. The second-order valence-electron chi connectivity index (χ2n) is 5.38. The highest BCUT2D eigenvalue weighted by molar-refractivity contribution is 5.39. The second-order valence-corrected chi connectivity index (χ2v) is 5.38. The van der Waals surface area contributed by atoms with Gasteiger partial charge in [-0.15, -0.1) is 0 Å². The summed E-state index contributed by atoms with van der Waals surface area (Å²) in [5, 5.41) is 13.3. The number of phenols is 1. The van der Waals surface area contributed by atoms with E-state index in [0.29, 0.717) is 5.75 Å². The van der Waals surface area contributed by atoms with E-state index in [2.05, 4.69) is 17.3 Å². The number of hydrogen-bond donors (Lipinski definition) is 2. The van der Waals surface area contributed by atoms with Crippen molar-refractivity contribution in [3.05, 3.63) is 23.8 Å². The number of nitrogens with one attached hydrogen (secondary N) is 1. The summed E-state index contributed by atoms with van der Waals surface area (Å²) in [7, 11) is 3.76. The van der Waals surface area contributed by atoms with Gasteiger partial charge in [0.2, 0.25) is 0 Å². The van der Waals surface area contributed by atoms with E-state index in [1.807, 2.05) is 6.07 Å². The van der Waals surface area contributed by atoms with E-state index in [4.69, 9.17) is 4.74 Å². The van der Waals surface area contributed by atoms with Gasteiger partial charge < -0.3 is 20.1 Å². The number of nitrogens with zero attached hydrogens (tertiary/aromatic N) is 1. The molecule has 2 rings (SSSR count). The van der Waals surface area contributed by atoms with Gasteiger partial charge in [-0.05, 0) is 57.1 Å². The molecule has 0 aliphatic carbocycles. The highest BCUT2D eigenvalue weighted by Crippen LogP contribution is 2.24. The third-order valence-electron chi connectivity index (χ3n) is 3.76. The Hall–Kier alpha value is -1.26. The fraction of sp³-hybridized carbons (Fsp3) is 0.600. The molecule has 1 aromatic rings. The van der Waals surface area contributed by atoms with E-state index in [-0.39, 0.29) is 0 Å². The monoisotopic (exact) mass is 264 g/mol. The molecule has 0 unspecified atom stereocenters. The Morgan fingerprint density at radius 1 is 1.37 bits per heavy atom. The highest BCUT2D eigenvalue weighted by Gasteiger charge is 2.16. The van der Waals surface area contributed by atoms with Crippen LogP contribution in [0.4, 0.5) is 0 Å². The summed E-state index contributed by atoms with van der Waals surface area (Å²) in [6, 6.07) is 5.40. The molecule has 19 heavy (non-hydrogen) atoms. The summed E-state index contributed by atoms with van der Waals surface area (Å²) in [6.45, 7) is 4.09. The average Bonchev–Trinajstić information content (AvgIpc) is 2.42. The quantitative estimate of drug-likeness (QED) is 0.851. The van der Waals surface area contributed by atoms with Crippen molar-refractivity contribution in [3.8, 4) is 11.5 Å². The Kier molecular flexibility index (Phi) is 5.05. The Morgan fingerprint density at radius 2 is 2.11 bits per heavy atom. The first-order valence-electron chi connectivity index (χ1n) is 6.94. The molecule has 1 fully saturated rings. The molecule has 0 radical (unpaired) electrons. The number of benzene rings is 1. The van der Waals surface area contributed by atoms with Crippen LogP contribution >= 0.6 is 0 Å². The second kappa shape index (κ2) is 6.78. The van der Waals surface area contributed by atoms with Gasteiger partial charge in [-0.2, -0.15) is 0 Å². The lowest BCUT2D eigenvalue weighted by molar-refractivity contribution is 0.232. The predicted molar refractivity (Wildman–Crippen MR) is 76.6 cm³/mol. The van der Waals surface area contributed by atoms with Crippen molar-refractivity contribution < 1.29 is 9.84 Å². The van der Waals surface area contributed by atoms with Gasteiger partial charge in [-0.3, -0.25) is 0 Å². The molecule has 1 aliphatic rings. The zero-order valence-electron chi connectivity index (χ0n) is 11.9. The molecule has 1 saturated heterocycles. The van der Waals surface area contributed by atoms with Gasteiger partial charge in [0.1, 0.15) is 11.5 Å². The maximum Gasteiger partial charge on any atom is 0.120 e. The molecule has 1 aromatic carbocycles. The molecule has 0 amide bonds. The largest absolute Gasteiger partial charge is 0.508 e. The number of aromatic hydroxyl groups is 1. The Labute approximate surface area is 115 Å². The fourth-order valence-electron chi connectivity index (χ4n) is 2.68. The molecule has 0 bridgehead atoms. The lowest BCUT2D eigenvalue weighted by Crippen LogP contribution is -2.34. The minimum Gasteiger partial charge on any atom is -0.508 e. The van der Waals surface area contributed by atoms with Crippen LogP contribution in [0.25, 0.3) is 0 Å². The van der Waals surface area contributed by atoms with E-state index in [1.165, 1.54) is 12.8 Å². The minimum absolute atomic E-state index is 0.345. The molecule has 0 spiro atoms. The zero-order valence-corrected chi connectivity index (χ0v) is 11.9. The maximum absolute atomic E-state index is 9.89. The predicted octanol–water partition coefficient (Wildman–Crippen LogP) is 1.83. The number of methoxy groups -OCH3 is 1. The van der Waals surface area contributed by atoms with E-state index >= 15 is 0 Å².